The topological polar surface area (TPSA) is 50.4 Å². The van der Waals surface area contributed by atoms with Crippen molar-refractivity contribution in [3.63, 3.8) is 0 Å². The lowest BCUT2D eigenvalue weighted by Gasteiger charge is -2.22. The van der Waals surface area contributed by atoms with Crippen molar-refractivity contribution in [3.8, 4) is 0 Å². The van der Waals surface area contributed by atoms with E-state index in [1.165, 1.54) is 11.3 Å². The number of nitrogens with zero attached hydrogens (tertiary/aromatic N) is 5. The first-order valence-corrected chi connectivity index (χ1v) is 9.05. The zero-order valence-corrected chi connectivity index (χ0v) is 19.6. The molecule has 0 aliphatic heterocycles. The zero-order chi connectivity index (χ0) is 18.6. The van der Waals surface area contributed by atoms with Gasteiger partial charge in [0.1, 0.15) is 0 Å². The molecule has 26 heavy (non-hydrogen) atoms. The van der Waals surface area contributed by atoms with Crippen LogP contribution in [-0.4, -0.2) is 39.3 Å². The molecule has 146 valence electrons. The lowest BCUT2D eigenvalue weighted by atomic mass is 10.1. The zero-order valence-electron chi connectivity index (χ0n) is 16.5. The fourth-order valence-electron chi connectivity index (χ4n) is 3.19. The Morgan fingerprint density at radius 2 is 2.00 bits per heavy atom. The number of guanidine groups is 1. The second kappa shape index (κ2) is 10.2. The second-order valence-corrected chi connectivity index (χ2v) is 6.66. The van der Waals surface area contributed by atoms with E-state index in [4.69, 9.17) is 11.6 Å². The number of aromatic nitrogens is 3. The molecule has 2 heterocycles. The highest BCUT2D eigenvalue weighted by Crippen LogP contribution is 2.16. The summed E-state index contributed by atoms with van der Waals surface area (Å²) >= 11 is 6.08. The summed E-state index contributed by atoms with van der Waals surface area (Å²) in [6, 6.07) is 1.98. The van der Waals surface area contributed by atoms with Gasteiger partial charge in [-0.1, -0.05) is 25.4 Å². The number of aryl methyl sites for hydroxylation is 3. The summed E-state index contributed by atoms with van der Waals surface area (Å²) in [6.07, 6.45) is 3.82. The van der Waals surface area contributed by atoms with Crippen LogP contribution in [0.1, 0.15) is 36.5 Å². The minimum Gasteiger partial charge on any atom is -0.352 e. The SMILES string of the molecule is CCc1nn(C)c(CC)c1CNC(=NC)N(C)Cc1cc(Cl)cn1C.I. The maximum absolute atomic E-state index is 6.08. The molecule has 0 saturated heterocycles. The van der Waals surface area contributed by atoms with Crippen molar-refractivity contribution in [1.82, 2.24) is 24.6 Å². The van der Waals surface area contributed by atoms with E-state index < -0.39 is 0 Å². The summed E-state index contributed by atoms with van der Waals surface area (Å²) < 4.78 is 4.03. The van der Waals surface area contributed by atoms with Crippen molar-refractivity contribution in [2.45, 2.75) is 39.8 Å². The number of nitrogens with one attached hydrogen (secondary N) is 1. The number of hydrogen-bond acceptors (Lipinski definition) is 2. The molecule has 0 aromatic carbocycles. The Labute approximate surface area is 178 Å². The summed E-state index contributed by atoms with van der Waals surface area (Å²) in [4.78, 5) is 6.51. The first kappa shape index (κ1) is 22.8. The summed E-state index contributed by atoms with van der Waals surface area (Å²) in [7, 11) is 7.85. The van der Waals surface area contributed by atoms with Gasteiger partial charge in [0, 0.05) is 57.9 Å². The number of aliphatic imine (C=N–C) groups is 1. The molecule has 0 bridgehead atoms. The van der Waals surface area contributed by atoms with Crippen LogP contribution < -0.4 is 5.32 Å². The number of rotatable bonds is 6. The lowest BCUT2D eigenvalue weighted by molar-refractivity contribution is 0.461. The van der Waals surface area contributed by atoms with E-state index in [0.717, 1.165) is 48.3 Å². The maximum Gasteiger partial charge on any atom is 0.194 e. The van der Waals surface area contributed by atoms with E-state index in [-0.39, 0.29) is 24.0 Å². The van der Waals surface area contributed by atoms with Gasteiger partial charge >= 0.3 is 0 Å². The largest absolute Gasteiger partial charge is 0.352 e. The molecule has 0 aliphatic rings. The molecule has 0 atom stereocenters. The van der Waals surface area contributed by atoms with Gasteiger partial charge in [-0.05, 0) is 18.9 Å². The van der Waals surface area contributed by atoms with Gasteiger partial charge in [0.25, 0.3) is 0 Å². The Bertz CT molecular complexity index is 749. The van der Waals surface area contributed by atoms with Crippen molar-refractivity contribution < 1.29 is 0 Å². The third kappa shape index (κ3) is 5.16. The van der Waals surface area contributed by atoms with Gasteiger partial charge in [-0.15, -0.1) is 24.0 Å². The lowest BCUT2D eigenvalue weighted by Crippen LogP contribution is -2.38. The third-order valence-electron chi connectivity index (χ3n) is 4.50. The molecule has 0 aliphatic carbocycles. The van der Waals surface area contributed by atoms with Crippen LogP contribution >= 0.6 is 35.6 Å². The summed E-state index contributed by atoms with van der Waals surface area (Å²) in [5.41, 5.74) is 4.85. The van der Waals surface area contributed by atoms with Crippen molar-refractivity contribution >= 4 is 41.5 Å². The molecule has 0 unspecified atom stereocenters. The van der Waals surface area contributed by atoms with E-state index in [2.05, 4.69) is 34.2 Å². The van der Waals surface area contributed by atoms with Crippen molar-refractivity contribution in [3.05, 3.63) is 39.9 Å². The van der Waals surface area contributed by atoms with E-state index in [0.29, 0.717) is 0 Å². The van der Waals surface area contributed by atoms with Crippen molar-refractivity contribution in [1.29, 1.82) is 0 Å². The standard InChI is InChI=1S/C18H29ClN6.HI/c1-7-16-15(17(8-2)25(6)22-16)10-21-18(20-3)24(5)12-14-9-13(19)11-23(14)4;/h9,11H,7-8,10,12H2,1-6H3,(H,20,21);1H. The Kier molecular flexibility index (Phi) is 8.95. The Morgan fingerprint density at radius 3 is 2.50 bits per heavy atom. The number of halogens is 2. The van der Waals surface area contributed by atoms with Crippen LogP contribution in [0.2, 0.25) is 5.02 Å². The molecule has 0 fully saturated rings. The average molecular weight is 493 g/mol. The quantitative estimate of drug-likeness (QED) is 0.382. The van der Waals surface area contributed by atoms with E-state index in [1.54, 1.807) is 0 Å². The maximum atomic E-state index is 6.08. The van der Waals surface area contributed by atoms with Crippen molar-refractivity contribution in [2.24, 2.45) is 19.1 Å². The molecule has 2 rings (SSSR count). The first-order chi connectivity index (χ1) is 11.9. The van der Waals surface area contributed by atoms with Crippen LogP contribution in [-0.2, 0) is 40.0 Å². The monoisotopic (exact) mass is 492 g/mol. The summed E-state index contributed by atoms with van der Waals surface area (Å²) in [5.74, 6) is 0.852. The van der Waals surface area contributed by atoms with Gasteiger partial charge in [-0.3, -0.25) is 9.67 Å². The van der Waals surface area contributed by atoms with Crippen LogP contribution in [0.25, 0.3) is 0 Å². The molecule has 0 amide bonds. The van der Waals surface area contributed by atoms with Gasteiger partial charge < -0.3 is 14.8 Å². The molecule has 6 nitrogen and oxygen atoms in total. The predicted octanol–water partition coefficient (Wildman–Crippen LogP) is 3.36. The fourth-order valence-corrected chi connectivity index (χ4v) is 3.46. The van der Waals surface area contributed by atoms with Crippen LogP contribution in [0.4, 0.5) is 0 Å². The third-order valence-corrected chi connectivity index (χ3v) is 4.70. The Morgan fingerprint density at radius 1 is 1.31 bits per heavy atom. The summed E-state index contributed by atoms with van der Waals surface area (Å²) in [5, 5.41) is 8.87. The molecular formula is C18H30ClIN6. The molecule has 0 saturated carbocycles. The first-order valence-electron chi connectivity index (χ1n) is 8.67. The molecule has 8 heteroatoms. The highest BCUT2D eigenvalue weighted by molar-refractivity contribution is 14.0. The smallest absolute Gasteiger partial charge is 0.194 e. The average Bonchev–Trinajstić information content (AvgIpc) is 3.06. The van der Waals surface area contributed by atoms with Gasteiger partial charge in [-0.25, -0.2) is 0 Å². The minimum atomic E-state index is 0. The van der Waals surface area contributed by atoms with Crippen LogP contribution in [0.3, 0.4) is 0 Å². The molecule has 2 aromatic heterocycles. The van der Waals surface area contributed by atoms with Gasteiger partial charge in [0.05, 0.1) is 17.3 Å². The molecule has 0 radical (unpaired) electrons. The Hall–Kier alpha value is -1.22. The van der Waals surface area contributed by atoms with Crippen LogP contribution in [0, 0.1) is 0 Å². The second-order valence-electron chi connectivity index (χ2n) is 6.22. The van der Waals surface area contributed by atoms with Gasteiger partial charge in [-0.2, -0.15) is 5.10 Å². The molecule has 1 N–H and O–H groups in total. The molecular weight excluding hydrogens is 463 g/mol. The summed E-state index contributed by atoms with van der Waals surface area (Å²) in [6.45, 7) is 5.77. The van der Waals surface area contributed by atoms with E-state index in [1.807, 2.05) is 49.7 Å². The highest BCUT2D eigenvalue weighted by Gasteiger charge is 2.15. The predicted molar refractivity (Wildman–Crippen MR) is 119 cm³/mol. The van der Waals surface area contributed by atoms with E-state index in [9.17, 15) is 0 Å². The minimum absolute atomic E-state index is 0. The molecule has 2 aromatic rings. The van der Waals surface area contributed by atoms with Gasteiger partial charge in [0.2, 0.25) is 0 Å². The Balaban J connectivity index is 0.00000338. The molecule has 0 spiro atoms. The van der Waals surface area contributed by atoms with E-state index >= 15 is 0 Å². The fraction of sp³-hybridized carbons (Fsp3) is 0.556. The highest BCUT2D eigenvalue weighted by atomic mass is 127. The van der Waals surface area contributed by atoms with Gasteiger partial charge in [0.15, 0.2) is 5.96 Å². The van der Waals surface area contributed by atoms with Crippen LogP contribution in [0.5, 0.6) is 0 Å². The normalized spacial score (nSPS) is 11.4. The van der Waals surface area contributed by atoms with Crippen molar-refractivity contribution in [2.75, 3.05) is 14.1 Å². The number of hydrogen-bond donors (Lipinski definition) is 1. The van der Waals surface area contributed by atoms with Crippen LogP contribution in [0.15, 0.2) is 17.3 Å².